The molecule has 0 spiro atoms. The number of aromatic nitrogens is 2. The molecule has 6 heteroatoms. The molecule has 0 fully saturated rings. The van der Waals surface area contributed by atoms with Crippen molar-refractivity contribution in [1.82, 2.24) is 9.78 Å². The summed E-state index contributed by atoms with van der Waals surface area (Å²) in [5.41, 5.74) is 0.184. The number of benzene rings is 1. The van der Waals surface area contributed by atoms with Gasteiger partial charge < -0.3 is 9.84 Å². The van der Waals surface area contributed by atoms with Gasteiger partial charge in [0.15, 0.2) is 5.75 Å². The van der Waals surface area contributed by atoms with Crippen molar-refractivity contribution in [2.75, 3.05) is 6.26 Å². The van der Waals surface area contributed by atoms with Crippen molar-refractivity contribution in [2.45, 2.75) is 24.8 Å². The van der Waals surface area contributed by atoms with E-state index in [1.807, 2.05) is 6.26 Å². The fourth-order valence-electron chi connectivity index (χ4n) is 1.85. The van der Waals surface area contributed by atoms with Crippen molar-refractivity contribution in [3.8, 4) is 11.5 Å². The Labute approximate surface area is 121 Å². The fraction of sp³-hybridized carbons (Fsp3) is 0.286. The predicted octanol–water partition coefficient (Wildman–Crippen LogP) is 3.51. The minimum absolute atomic E-state index is 0.184. The quantitative estimate of drug-likeness (QED) is 0.825. The van der Waals surface area contributed by atoms with Gasteiger partial charge in [0.1, 0.15) is 11.3 Å². The van der Waals surface area contributed by atoms with Crippen LogP contribution in [0.2, 0.25) is 0 Å². The van der Waals surface area contributed by atoms with Crippen LogP contribution in [0.25, 0.3) is 0 Å². The molecule has 0 bridgehead atoms. The predicted molar refractivity (Wildman–Crippen MR) is 77.8 cm³/mol. The van der Waals surface area contributed by atoms with E-state index in [4.69, 9.17) is 4.74 Å². The highest BCUT2D eigenvalue weighted by Gasteiger charge is 2.17. The lowest BCUT2D eigenvalue weighted by Crippen LogP contribution is -2.02. The monoisotopic (exact) mass is 292 g/mol. The molecule has 0 atom stereocenters. The summed E-state index contributed by atoms with van der Waals surface area (Å²) in [6.45, 7) is 2.87. The van der Waals surface area contributed by atoms with Gasteiger partial charge in [-0.2, -0.15) is 5.10 Å². The lowest BCUT2D eigenvalue weighted by atomic mass is 10.2. The van der Waals surface area contributed by atoms with Gasteiger partial charge in [-0.15, -0.1) is 11.8 Å². The second-order valence-electron chi connectivity index (χ2n) is 4.18. The Bertz CT molecular complexity index is 610. The summed E-state index contributed by atoms with van der Waals surface area (Å²) in [7, 11) is 0. The molecule has 2 aromatic rings. The summed E-state index contributed by atoms with van der Waals surface area (Å²) in [6.07, 6.45) is 6.17. The maximum Gasteiger partial charge on any atom is 0.340 e. The van der Waals surface area contributed by atoms with Crippen LogP contribution >= 0.6 is 11.8 Å². The highest BCUT2D eigenvalue weighted by Crippen LogP contribution is 2.31. The molecule has 0 saturated carbocycles. The zero-order valence-electron chi connectivity index (χ0n) is 11.4. The van der Waals surface area contributed by atoms with Gasteiger partial charge in [0.05, 0.1) is 12.4 Å². The van der Waals surface area contributed by atoms with E-state index in [9.17, 15) is 9.90 Å². The number of hydrogen-bond donors (Lipinski definition) is 1. The topological polar surface area (TPSA) is 64.3 Å². The largest absolute Gasteiger partial charge is 0.478 e. The molecule has 5 nitrogen and oxygen atoms in total. The smallest absolute Gasteiger partial charge is 0.340 e. The first-order chi connectivity index (χ1) is 9.65. The molecule has 0 radical (unpaired) electrons. The lowest BCUT2D eigenvalue weighted by molar-refractivity contribution is 0.0690. The van der Waals surface area contributed by atoms with Crippen LogP contribution in [-0.2, 0) is 6.54 Å². The van der Waals surface area contributed by atoms with Gasteiger partial charge in [-0.25, -0.2) is 4.79 Å². The van der Waals surface area contributed by atoms with Crippen LogP contribution in [0.1, 0.15) is 23.7 Å². The van der Waals surface area contributed by atoms with Crippen molar-refractivity contribution in [3.63, 3.8) is 0 Å². The number of rotatable bonds is 6. The minimum Gasteiger partial charge on any atom is -0.478 e. The number of aromatic carboxylic acids is 1. The lowest BCUT2D eigenvalue weighted by Gasteiger charge is -2.09. The third-order valence-electron chi connectivity index (χ3n) is 2.71. The molecule has 1 N–H and O–H groups in total. The number of hydrogen-bond acceptors (Lipinski definition) is 4. The summed E-state index contributed by atoms with van der Waals surface area (Å²) in [6, 6.07) is 5.20. The average molecular weight is 292 g/mol. The van der Waals surface area contributed by atoms with Crippen LogP contribution in [0.15, 0.2) is 35.5 Å². The summed E-state index contributed by atoms with van der Waals surface area (Å²) in [4.78, 5) is 12.1. The van der Waals surface area contributed by atoms with Crippen LogP contribution in [0.5, 0.6) is 11.5 Å². The Morgan fingerprint density at radius 2 is 2.30 bits per heavy atom. The molecule has 1 aromatic heterocycles. The van der Waals surface area contributed by atoms with Crippen molar-refractivity contribution in [3.05, 3.63) is 36.2 Å². The van der Waals surface area contributed by atoms with E-state index in [1.54, 1.807) is 35.3 Å². The van der Waals surface area contributed by atoms with Crippen molar-refractivity contribution in [2.24, 2.45) is 0 Å². The number of aryl methyl sites for hydroxylation is 1. The Hall–Kier alpha value is -1.95. The van der Waals surface area contributed by atoms with Gasteiger partial charge in [0, 0.05) is 11.4 Å². The zero-order valence-corrected chi connectivity index (χ0v) is 12.2. The number of thioether (sulfide) groups is 1. The SMILES string of the molecule is CCCn1cc(Oc2cccc(SC)c2C(=O)O)cn1. The molecule has 0 unspecified atom stereocenters. The first-order valence-electron chi connectivity index (χ1n) is 6.26. The van der Waals surface area contributed by atoms with Crippen LogP contribution < -0.4 is 4.74 Å². The Kier molecular flexibility index (Phi) is 4.68. The van der Waals surface area contributed by atoms with Crippen LogP contribution in [0.3, 0.4) is 0 Å². The molecule has 2 rings (SSSR count). The molecule has 0 aliphatic heterocycles. The van der Waals surface area contributed by atoms with E-state index in [0.717, 1.165) is 13.0 Å². The van der Waals surface area contributed by atoms with Crippen molar-refractivity contribution < 1.29 is 14.6 Å². The summed E-state index contributed by atoms with van der Waals surface area (Å²) < 4.78 is 7.43. The molecule has 0 aliphatic carbocycles. The first-order valence-corrected chi connectivity index (χ1v) is 7.48. The highest BCUT2D eigenvalue weighted by molar-refractivity contribution is 7.98. The third-order valence-corrected chi connectivity index (χ3v) is 3.49. The summed E-state index contributed by atoms with van der Waals surface area (Å²) in [5, 5.41) is 13.5. The molecule has 0 amide bonds. The van der Waals surface area contributed by atoms with Crippen molar-refractivity contribution in [1.29, 1.82) is 0 Å². The van der Waals surface area contributed by atoms with Gasteiger partial charge >= 0.3 is 5.97 Å². The summed E-state index contributed by atoms with van der Waals surface area (Å²) >= 11 is 1.38. The minimum atomic E-state index is -0.995. The van der Waals surface area contributed by atoms with Crippen molar-refractivity contribution >= 4 is 17.7 Å². The van der Waals surface area contributed by atoms with Gasteiger partial charge in [-0.05, 0) is 24.8 Å². The first kappa shape index (κ1) is 14.5. The Morgan fingerprint density at radius 1 is 1.50 bits per heavy atom. The number of ether oxygens (including phenoxy) is 1. The molecule has 106 valence electrons. The zero-order chi connectivity index (χ0) is 14.5. The molecule has 0 saturated heterocycles. The Balaban J connectivity index is 2.30. The van der Waals surface area contributed by atoms with E-state index < -0.39 is 5.97 Å². The van der Waals surface area contributed by atoms with Gasteiger partial charge in [-0.1, -0.05) is 13.0 Å². The van der Waals surface area contributed by atoms with Crippen LogP contribution in [-0.4, -0.2) is 27.1 Å². The number of carboxylic acids is 1. The second-order valence-corrected chi connectivity index (χ2v) is 5.03. The van der Waals surface area contributed by atoms with E-state index in [1.165, 1.54) is 11.8 Å². The maximum absolute atomic E-state index is 11.4. The van der Waals surface area contributed by atoms with Gasteiger partial charge in [0.2, 0.25) is 0 Å². The highest BCUT2D eigenvalue weighted by atomic mass is 32.2. The normalized spacial score (nSPS) is 10.5. The number of carbonyl (C=O) groups is 1. The maximum atomic E-state index is 11.4. The molecular formula is C14H16N2O3S. The fourth-order valence-corrected chi connectivity index (χ4v) is 2.46. The van der Waals surface area contributed by atoms with Gasteiger partial charge in [0.25, 0.3) is 0 Å². The van der Waals surface area contributed by atoms with E-state index >= 15 is 0 Å². The number of nitrogens with zero attached hydrogens (tertiary/aromatic N) is 2. The standard InChI is InChI=1S/C14H16N2O3S/c1-3-7-16-9-10(8-15-16)19-11-5-4-6-12(20-2)13(11)14(17)18/h4-6,8-9H,3,7H2,1-2H3,(H,17,18). The van der Waals surface area contributed by atoms with Gasteiger partial charge in [-0.3, -0.25) is 4.68 Å². The molecule has 0 aliphatic rings. The Morgan fingerprint density at radius 3 is 2.95 bits per heavy atom. The third kappa shape index (κ3) is 3.14. The van der Waals surface area contributed by atoms with Crippen LogP contribution in [0.4, 0.5) is 0 Å². The molecule has 20 heavy (non-hydrogen) atoms. The molecular weight excluding hydrogens is 276 g/mol. The number of carboxylic acid groups (broad SMARTS) is 1. The summed E-state index contributed by atoms with van der Waals surface area (Å²) in [5.74, 6) is -0.120. The van der Waals surface area contributed by atoms with E-state index in [2.05, 4.69) is 12.0 Å². The molecule has 1 heterocycles. The second kappa shape index (κ2) is 6.47. The molecule has 1 aromatic carbocycles. The van der Waals surface area contributed by atoms with E-state index in [0.29, 0.717) is 16.4 Å². The van der Waals surface area contributed by atoms with E-state index in [-0.39, 0.29) is 5.56 Å². The average Bonchev–Trinajstić information content (AvgIpc) is 2.86. The van der Waals surface area contributed by atoms with Crippen LogP contribution in [0, 0.1) is 0 Å².